The second kappa shape index (κ2) is 6.40. The van der Waals surface area contributed by atoms with E-state index in [0.29, 0.717) is 44.5 Å². The van der Waals surface area contributed by atoms with E-state index in [-0.39, 0.29) is 23.7 Å². The van der Waals surface area contributed by atoms with E-state index in [1.54, 1.807) is 30.0 Å². The first-order chi connectivity index (χ1) is 11.1. The van der Waals surface area contributed by atoms with Crippen LogP contribution in [-0.4, -0.2) is 42.4 Å². The van der Waals surface area contributed by atoms with Gasteiger partial charge in [-0.05, 0) is 43.5 Å². The van der Waals surface area contributed by atoms with Gasteiger partial charge in [0.25, 0.3) is 5.91 Å². The normalized spacial score (nSPS) is 17.6. The highest BCUT2D eigenvalue weighted by molar-refractivity contribution is 6.01. The first kappa shape index (κ1) is 15.5. The van der Waals surface area contributed by atoms with Crippen LogP contribution in [0.25, 0.3) is 0 Å². The molecule has 1 N–H and O–H groups in total. The van der Waals surface area contributed by atoms with Gasteiger partial charge in [-0.1, -0.05) is 0 Å². The summed E-state index contributed by atoms with van der Waals surface area (Å²) < 4.78 is 5.04. The predicted octanol–water partition coefficient (Wildman–Crippen LogP) is 1.60. The van der Waals surface area contributed by atoms with Gasteiger partial charge in [-0.3, -0.25) is 14.4 Å². The molecule has 6 heteroatoms. The summed E-state index contributed by atoms with van der Waals surface area (Å²) in [5.74, 6) is -0.364. The number of benzene rings is 1. The number of rotatable bonds is 3. The van der Waals surface area contributed by atoms with Crippen LogP contribution in [-0.2, 0) is 20.7 Å². The minimum Gasteiger partial charge on any atom is -0.466 e. The number of piperidine rings is 1. The van der Waals surface area contributed by atoms with Crippen molar-refractivity contribution < 1.29 is 19.1 Å². The molecule has 0 bridgehead atoms. The number of nitrogens with one attached hydrogen (secondary N) is 1. The fourth-order valence-electron chi connectivity index (χ4n) is 3.12. The highest BCUT2D eigenvalue weighted by Crippen LogP contribution is 2.26. The average Bonchev–Trinajstić information content (AvgIpc) is 2.93. The Bertz CT molecular complexity index is 648. The van der Waals surface area contributed by atoms with Gasteiger partial charge in [0, 0.05) is 24.3 Å². The number of esters is 1. The molecule has 3 rings (SSSR count). The van der Waals surface area contributed by atoms with E-state index >= 15 is 0 Å². The average molecular weight is 316 g/mol. The number of carbonyl (C=O) groups is 3. The predicted molar refractivity (Wildman–Crippen MR) is 84.0 cm³/mol. The molecule has 0 aliphatic carbocycles. The maximum absolute atomic E-state index is 12.6. The SMILES string of the molecule is CCOC(=O)C1CCN(C(=O)c2ccc3c(c2)CC(=O)N3)CC1. The number of hydrogen-bond donors (Lipinski definition) is 1. The molecular weight excluding hydrogens is 296 g/mol. The number of likely N-dealkylation sites (tertiary alicyclic amines) is 1. The molecule has 0 atom stereocenters. The zero-order chi connectivity index (χ0) is 16.4. The van der Waals surface area contributed by atoms with E-state index in [0.717, 1.165) is 11.3 Å². The fraction of sp³-hybridized carbons (Fsp3) is 0.471. The Morgan fingerprint density at radius 3 is 2.74 bits per heavy atom. The van der Waals surface area contributed by atoms with Crippen LogP contribution in [0.2, 0.25) is 0 Å². The van der Waals surface area contributed by atoms with E-state index in [4.69, 9.17) is 4.74 Å². The number of hydrogen-bond acceptors (Lipinski definition) is 4. The number of anilines is 1. The second-order valence-electron chi connectivity index (χ2n) is 5.92. The molecule has 0 unspecified atom stereocenters. The van der Waals surface area contributed by atoms with Crippen LogP contribution in [0.3, 0.4) is 0 Å². The molecule has 2 heterocycles. The molecule has 1 saturated heterocycles. The maximum Gasteiger partial charge on any atom is 0.309 e. The molecule has 0 spiro atoms. The highest BCUT2D eigenvalue weighted by Gasteiger charge is 2.29. The summed E-state index contributed by atoms with van der Waals surface area (Å²) >= 11 is 0. The van der Waals surface area contributed by atoms with Crippen LogP contribution in [0.15, 0.2) is 18.2 Å². The van der Waals surface area contributed by atoms with Gasteiger partial charge < -0.3 is 15.0 Å². The standard InChI is InChI=1S/C17H20N2O4/c1-2-23-17(22)11-5-7-19(8-6-11)16(21)12-3-4-14-13(9-12)10-15(20)18-14/h3-4,9,11H,2,5-8,10H2,1H3,(H,18,20). The summed E-state index contributed by atoms with van der Waals surface area (Å²) in [6, 6.07) is 5.30. The Morgan fingerprint density at radius 2 is 2.04 bits per heavy atom. The number of nitrogens with zero attached hydrogens (tertiary/aromatic N) is 1. The lowest BCUT2D eigenvalue weighted by molar-refractivity contribution is -0.149. The van der Waals surface area contributed by atoms with Gasteiger partial charge in [-0.2, -0.15) is 0 Å². The summed E-state index contributed by atoms with van der Waals surface area (Å²) in [6.07, 6.45) is 1.59. The molecule has 122 valence electrons. The summed E-state index contributed by atoms with van der Waals surface area (Å²) in [7, 11) is 0. The minimum absolute atomic E-state index is 0.0418. The van der Waals surface area contributed by atoms with Crippen molar-refractivity contribution >= 4 is 23.5 Å². The molecule has 2 amide bonds. The molecule has 1 aromatic carbocycles. The van der Waals surface area contributed by atoms with E-state index < -0.39 is 0 Å². The largest absolute Gasteiger partial charge is 0.466 e. The monoisotopic (exact) mass is 316 g/mol. The van der Waals surface area contributed by atoms with Crippen molar-refractivity contribution in [2.45, 2.75) is 26.2 Å². The van der Waals surface area contributed by atoms with Crippen molar-refractivity contribution in [3.63, 3.8) is 0 Å². The van der Waals surface area contributed by atoms with E-state index in [1.165, 1.54) is 0 Å². The maximum atomic E-state index is 12.6. The molecule has 2 aliphatic heterocycles. The Morgan fingerprint density at radius 1 is 1.30 bits per heavy atom. The Hall–Kier alpha value is -2.37. The molecule has 0 radical (unpaired) electrons. The molecule has 6 nitrogen and oxygen atoms in total. The minimum atomic E-state index is -0.165. The zero-order valence-electron chi connectivity index (χ0n) is 13.1. The van der Waals surface area contributed by atoms with Crippen molar-refractivity contribution in [2.24, 2.45) is 5.92 Å². The third-order valence-corrected chi connectivity index (χ3v) is 4.38. The first-order valence-corrected chi connectivity index (χ1v) is 7.97. The van der Waals surface area contributed by atoms with Crippen LogP contribution in [0.1, 0.15) is 35.7 Å². The Labute approximate surface area is 134 Å². The van der Waals surface area contributed by atoms with E-state index in [2.05, 4.69) is 5.32 Å². The lowest BCUT2D eigenvalue weighted by Gasteiger charge is -2.31. The molecule has 0 saturated carbocycles. The summed E-state index contributed by atoms with van der Waals surface area (Å²) in [4.78, 5) is 37.5. The molecule has 23 heavy (non-hydrogen) atoms. The van der Waals surface area contributed by atoms with Crippen LogP contribution in [0, 0.1) is 5.92 Å². The van der Waals surface area contributed by atoms with Gasteiger partial charge in [-0.15, -0.1) is 0 Å². The number of ether oxygens (including phenoxy) is 1. The van der Waals surface area contributed by atoms with Gasteiger partial charge in [0.1, 0.15) is 0 Å². The van der Waals surface area contributed by atoms with Gasteiger partial charge >= 0.3 is 5.97 Å². The lowest BCUT2D eigenvalue weighted by Crippen LogP contribution is -2.40. The molecular formula is C17H20N2O4. The number of amides is 2. The van der Waals surface area contributed by atoms with Crippen molar-refractivity contribution in [2.75, 3.05) is 25.0 Å². The highest BCUT2D eigenvalue weighted by atomic mass is 16.5. The van der Waals surface area contributed by atoms with Crippen molar-refractivity contribution in [3.05, 3.63) is 29.3 Å². The summed E-state index contributed by atoms with van der Waals surface area (Å²) in [5, 5.41) is 2.76. The van der Waals surface area contributed by atoms with Crippen LogP contribution >= 0.6 is 0 Å². The van der Waals surface area contributed by atoms with Crippen LogP contribution < -0.4 is 5.32 Å². The van der Waals surface area contributed by atoms with Crippen molar-refractivity contribution in [3.8, 4) is 0 Å². The van der Waals surface area contributed by atoms with Gasteiger partial charge in [0.15, 0.2) is 0 Å². The smallest absolute Gasteiger partial charge is 0.309 e. The van der Waals surface area contributed by atoms with Gasteiger partial charge in [0.05, 0.1) is 18.9 Å². The van der Waals surface area contributed by atoms with Crippen LogP contribution in [0.5, 0.6) is 0 Å². The van der Waals surface area contributed by atoms with Crippen molar-refractivity contribution in [1.29, 1.82) is 0 Å². The number of carbonyl (C=O) groups excluding carboxylic acids is 3. The Kier molecular flexibility index (Phi) is 4.32. The van der Waals surface area contributed by atoms with Crippen LogP contribution in [0.4, 0.5) is 5.69 Å². The molecule has 1 aromatic rings. The second-order valence-corrected chi connectivity index (χ2v) is 5.92. The van der Waals surface area contributed by atoms with Gasteiger partial charge in [0.2, 0.25) is 5.91 Å². The quantitative estimate of drug-likeness (QED) is 0.859. The number of fused-ring (bicyclic) bond motifs is 1. The molecule has 2 aliphatic rings. The zero-order valence-corrected chi connectivity index (χ0v) is 13.1. The van der Waals surface area contributed by atoms with Crippen molar-refractivity contribution in [1.82, 2.24) is 4.90 Å². The molecule has 0 aromatic heterocycles. The van der Waals surface area contributed by atoms with E-state index in [9.17, 15) is 14.4 Å². The Balaban J connectivity index is 1.63. The van der Waals surface area contributed by atoms with E-state index in [1.807, 2.05) is 0 Å². The third-order valence-electron chi connectivity index (χ3n) is 4.38. The summed E-state index contributed by atoms with van der Waals surface area (Å²) in [5.41, 5.74) is 2.24. The third kappa shape index (κ3) is 3.21. The lowest BCUT2D eigenvalue weighted by atomic mass is 9.96. The first-order valence-electron chi connectivity index (χ1n) is 7.97. The van der Waals surface area contributed by atoms with Gasteiger partial charge in [-0.25, -0.2) is 0 Å². The topological polar surface area (TPSA) is 75.7 Å². The molecule has 1 fully saturated rings. The fourth-order valence-corrected chi connectivity index (χ4v) is 3.12. The summed E-state index contributed by atoms with van der Waals surface area (Å²) in [6.45, 7) is 3.29.